The standard InChI is InChI=1S/C15H21N3O/c1-19-12-6-4-11(5-7-12)17-14(16)18-13-10-15(13)8-2-3-9-15/h4-7,13H,2-3,8-10H2,1H3,(H3,16,17,18). The van der Waals surface area contributed by atoms with Crippen molar-refractivity contribution in [1.29, 1.82) is 0 Å². The second-order valence-electron chi connectivity index (χ2n) is 5.66. The Balaban J connectivity index is 1.60. The molecular formula is C15H21N3O. The van der Waals surface area contributed by atoms with Crippen LogP contribution in [0.4, 0.5) is 5.69 Å². The van der Waals surface area contributed by atoms with E-state index in [1.54, 1.807) is 7.11 Å². The van der Waals surface area contributed by atoms with Gasteiger partial charge in [-0.3, -0.25) is 0 Å². The minimum atomic E-state index is 0.445. The monoisotopic (exact) mass is 259 g/mol. The first kappa shape index (κ1) is 12.3. The summed E-state index contributed by atoms with van der Waals surface area (Å²) in [5.41, 5.74) is 7.43. The van der Waals surface area contributed by atoms with Crippen LogP contribution in [-0.4, -0.2) is 19.1 Å². The molecule has 4 heteroatoms. The third kappa shape index (κ3) is 2.53. The lowest BCUT2D eigenvalue weighted by atomic mass is 10.1. The normalized spacial score (nSPS) is 24.5. The van der Waals surface area contributed by atoms with Crippen LogP contribution in [0.5, 0.6) is 5.75 Å². The van der Waals surface area contributed by atoms with E-state index < -0.39 is 0 Å². The van der Waals surface area contributed by atoms with Crippen LogP contribution in [0.2, 0.25) is 0 Å². The molecule has 1 spiro atoms. The molecule has 2 aliphatic carbocycles. The van der Waals surface area contributed by atoms with Crippen molar-refractivity contribution in [3.8, 4) is 5.75 Å². The highest BCUT2D eigenvalue weighted by atomic mass is 16.5. The number of ether oxygens (including phenoxy) is 1. The van der Waals surface area contributed by atoms with E-state index in [0.717, 1.165) is 11.4 Å². The van der Waals surface area contributed by atoms with Gasteiger partial charge in [-0.05, 0) is 48.9 Å². The number of rotatable bonds is 3. The maximum atomic E-state index is 5.98. The van der Waals surface area contributed by atoms with Gasteiger partial charge in [0.25, 0.3) is 0 Å². The fraction of sp³-hybridized carbons (Fsp3) is 0.533. The zero-order valence-electron chi connectivity index (χ0n) is 11.4. The van der Waals surface area contributed by atoms with Crippen molar-refractivity contribution in [2.45, 2.75) is 38.1 Å². The Labute approximate surface area is 114 Å². The summed E-state index contributed by atoms with van der Waals surface area (Å²) in [6.07, 6.45) is 6.60. The lowest BCUT2D eigenvalue weighted by molar-refractivity contribution is 0.415. The van der Waals surface area contributed by atoms with Crippen molar-refractivity contribution < 1.29 is 4.74 Å². The number of hydrogen-bond acceptors (Lipinski definition) is 2. The summed E-state index contributed by atoms with van der Waals surface area (Å²) < 4.78 is 5.12. The van der Waals surface area contributed by atoms with Gasteiger partial charge in [-0.25, -0.2) is 4.99 Å². The number of aliphatic imine (C=N–C) groups is 1. The molecule has 0 aliphatic heterocycles. The summed E-state index contributed by atoms with van der Waals surface area (Å²) in [4.78, 5) is 4.61. The van der Waals surface area contributed by atoms with E-state index in [9.17, 15) is 0 Å². The largest absolute Gasteiger partial charge is 0.497 e. The number of hydrogen-bond donors (Lipinski definition) is 2. The van der Waals surface area contributed by atoms with Crippen molar-refractivity contribution in [3.63, 3.8) is 0 Å². The lowest BCUT2D eigenvalue weighted by Crippen LogP contribution is -2.23. The van der Waals surface area contributed by atoms with Crippen LogP contribution < -0.4 is 15.8 Å². The predicted octanol–water partition coefficient (Wildman–Crippen LogP) is 2.75. The first-order valence-electron chi connectivity index (χ1n) is 6.96. The van der Waals surface area contributed by atoms with Gasteiger partial charge < -0.3 is 15.8 Å². The number of anilines is 1. The van der Waals surface area contributed by atoms with E-state index in [-0.39, 0.29) is 0 Å². The second-order valence-corrected chi connectivity index (χ2v) is 5.66. The molecule has 3 rings (SSSR count). The minimum absolute atomic E-state index is 0.445. The molecule has 0 radical (unpaired) electrons. The average Bonchev–Trinajstić information content (AvgIpc) is 2.85. The predicted molar refractivity (Wildman–Crippen MR) is 77.5 cm³/mol. The van der Waals surface area contributed by atoms with E-state index >= 15 is 0 Å². The third-order valence-electron chi connectivity index (χ3n) is 4.40. The number of nitrogens with one attached hydrogen (secondary N) is 1. The van der Waals surface area contributed by atoms with E-state index in [0.29, 0.717) is 17.4 Å². The summed E-state index contributed by atoms with van der Waals surface area (Å²) in [5.74, 6) is 1.37. The van der Waals surface area contributed by atoms with E-state index in [2.05, 4.69) is 10.3 Å². The van der Waals surface area contributed by atoms with Gasteiger partial charge in [0.2, 0.25) is 0 Å². The van der Waals surface area contributed by atoms with Gasteiger partial charge in [0.05, 0.1) is 13.2 Å². The quantitative estimate of drug-likeness (QED) is 0.648. The van der Waals surface area contributed by atoms with Crippen molar-refractivity contribution in [1.82, 2.24) is 0 Å². The van der Waals surface area contributed by atoms with E-state index in [1.807, 2.05) is 24.3 Å². The molecule has 1 aromatic carbocycles. The molecule has 0 heterocycles. The molecule has 2 fully saturated rings. The van der Waals surface area contributed by atoms with Gasteiger partial charge in [0.1, 0.15) is 5.75 Å². The Kier molecular flexibility index (Phi) is 3.09. The fourth-order valence-electron chi connectivity index (χ4n) is 3.15. The summed E-state index contributed by atoms with van der Waals surface area (Å²) >= 11 is 0. The van der Waals surface area contributed by atoms with E-state index in [4.69, 9.17) is 10.5 Å². The molecule has 2 saturated carbocycles. The molecule has 1 atom stereocenters. The van der Waals surface area contributed by atoms with Gasteiger partial charge in [0, 0.05) is 5.69 Å². The van der Waals surface area contributed by atoms with Gasteiger partial charge in [-0.1, -0.05) is 12.8 Å². The molecule has 19 heavy (non-hydrogen) atoms. The number of guanidine groups is 1. The first-order valence-corrected chi connectivity index (χ1v) is 6.96. The van der Waals surface area contributed by atoms with Crippen LogP contribution in [0.1, 0.15) is 32.1 Å². The first-order chi connectivity index (χ1) is 9.22. The Morgan fingerprint density at radius 2 is 2.00 bits per heavy atom. The summed E-state index contributed by atoms with van der Waals surface area (Å²) in [6.45, 7) is 0. The molecule has 0 bridgehead atoms. The Morgan fingerprint density at radius 1 is 1.32 bits per heavy atom. The molecule has 0 amide bonds. The zero-order chi connectivity index (χ0) is 13.3. The van der Waals surface area contributed by atoms with Crippen LogP contribution in [0, 0.1) is 5.41 Å². The number of benzene rings is 1. The third-order valence-corrected chi connectivity index (χ3v) is 4.40. The highest BCUT2D eigenvalue weighted by Crippen LogP contribution is 2.59. The van der Waals surface area contributed by atoms with Crippen LogP contribution in [0.25, 0.3) is 0 Å². The molecule has 2 aliphatic rings. The summed E-state index contributed by atoms with van der Waals surface area (Å²) in [6, 6.07) is 8.15. The number of methoxy groups -OCH3 is 1. The minimum Gasteiger partial charge on any atom is -0.497 e. The summed E-state index contributed by atoms with van der Waals surface area (Å²) in [7, 11) is 1.66. The average molecular weight is 259 g/mol. The van der Waals surface area contributed by atoms with Gasteiger partial charge in [-0.2, -0.15) is 0 Å². The number of nitrogens with zero attached hydrogens (tertiary/aromatic N) is 1. The molecular weight excluding hydrogens is 238 g/mol. The summed E-state index contributed by atoms with van der Waals surface area (Å²) in [5, 5.41) is 3.14. The highest BCUT2D eigenvalue weighted by Gasteiger charge is 2.55. The van der Waals surface area contributed by atoms with Gasteiger partial charge >= 0.3 is 0 Å². The zero-order valence-corrected chi connectivity index (χ0v) is 11.4. The molecule has 102 valence electrons. The fourth-order valence-corrected chi connectivity index (χ4v) is 3.15. The van der Waals surface area contributed by atoms with Gasteiger partial charge in [-0.15, -0.1) is 0 Å². The number of nitrogens with two attached hydrogens (primary N) is 1. The second kappa shape index (κ2) is 4.76. The molecule has 0 saturated heterocycles. The van der Waals surface area contributed by atoms with Crippen LogP contribution in [0.3, 0.4) is 0 Å². The topological polar surface area (TPSA) is 59.6 Å². The van der Waals surface area contributed by atoms with Gasteiger partial charge in [0.15, 0.2) is 5.96 Å². The van der Waals surface area contributed by atoms with Crippen molar-refractivity contribution in [2.24, 2.45) is 16.1 Å². The molecule has 1 aromatic rings. The highest BCUT2D eigenvalue weighted by molar-refractivity contribution is 5.92. The maximum absolute atomic E-state index is 5.98. The Hall–Kier alpha value is -1.71. The molecule has 3 N–H and O–H groups in total. The van der Waals surface area contributed by atoms with Crippen LogP contribution in [-0.2, 0) is 0 Å². The Morgan fingerprint density at radius 3 is 2.63 bits per heavy atom. The van der Waals surface area contributed by atoms with Crippen LogP contribution >= 0.6 is 0 Å². The molecule has 0 aromatic heterocycles. The Bertz CT molecular complexity index is 475. The smallest absolute Gasteiger partial charge is 0.193 e. The van der Waals surface area contributed by atoms with Crippen molar-refractivity contribution in [3.05, 3.63) is 24.3 Å². The maximum Gasteiger partial charge on any atom is 0.193 e. The van der Waals surface area contributed by atoms with Crippen molar-refractivity contribution >= 4 is 11.6 Å². The SMILES string of the molecule is COc1ccc(NC(N)=NC2CC23CCCC3)cc1. The molecule has 4 nitrogen and oxygen atoms in total. The molecule has 1 unspecified atom stereocenters. The lowest BCUT2D eigenvalue weighted by Gasteiger charge is -2.08. The van der Waals surface area contributed by atoms with Crippen molar-refractivity contribution in [2.75, 3.05) is 12.4 Å². The van der Waals surface area contributed by atoms with Crippen LogP contribution in [0.15, 0.2) is 29.3 Å². The van der Waals surface area contributed by atoms with E-state index in [1.165, 1.54) is 32.1 Å².